The Hall–Kier alpha value is -1.81. The van der Waals surface area contributed by atoms with Crippen LogP contribution in [-0.2, 0) is 0 Å². The average molecular weight is 320 g/mol. The second kappa shape index (κ2) is 5.89. The van der Waals surface area contributed by atoms with E-state index in [0.29, 0.717) is 0 Å². The molecule has 2 aromatic carbocycles. The summed E-state index contributed by atoms with van der Waals surface area (Å²) in [5, 5.41) is 12.3. The van der Waals surface area contributed by atoms with E-state index in [1.54, 1.807) is 12.1 Å². The first kappa shape index (κ1) is 13.6. The summed E-state index contributed by atoms with van der Waals surface area (Å²) in [7, 11) is 0. The Kier molecular flexibility index (Phi) is 4.22. The molecule has 0 aliphatic rings. The van der Waals surface area contributed by atoms with Gasteiger partial charge in [0.1, 0.15) is 0 Å². The lowest BCUT2D eigenvalue weighted by atomic mass is 10.1. The molecule has 98 valence electrons. The SMILES string of the molecule is CC(Nc1cc(Br)cc(C(=O)O)c1)c1ccccc1. The predicted molar refractivity (Wildman–Crippen MR) is 79.6 cm³/mol. The van der Waals surface area contributed by atoms with Gasteiger partial charge in [-0.15, -0.1) is 0 Å². The Balaban J connectivity index is 2.21. The summed E-state index contributed by atoms with van der Waals surface area (Å²) in [6.45, 7) is 2.04. The van der Waals surface area contributed by atoms with Gasteiger partial charge in [-0.1, -0.05) is 46.3 Å². The first-order valence-corrected chi connectivity index (χ1v) is 6.71. The van der Waals surface area contributed by atoms with E-state index in [1.165, 1.54) is 0 Å². The molecular weight excluding hydrogens is 306 g/mol. The van der Waals surface area contributed by atoms with Crippen LogP contribution in [0.2, 0.25) is 0 Å². The lowest BCUT2D eigenvalue weighted by Gasteiger charge is -2.16. The molecule has 2 N–H and O–H groups in total. The molecule has 2 aromatic rings. The van der Waals surface area contributed by atoms with E-state index < -0.39 is 5.97 Å². The molecule has 4 heteroatoms. The minimum absolute atomic E-state index is 0.108. The molecule has 0 aliphatic heterocycles. The molecule has 2 rings (SSSR count). The van der Waals surface area contributed by atoms with Crippen molar-refractivity contribution in [2.24, 2.45) is 0 Å². The first-order chi connectivity index (χ1) is 9.06. The van der Waals surface area contributed by atoms with Crippen LogP contribution in [0.4, 0.5) is 5.69 Å². The standard InChI is InChI=1S/C15H14BrNO2/c1-10(11-5-3-2-4-6-11)17-14-8-12(15(18)19)7-13(16)9-14/h2-10,17H,1H3,(H,18,19). The molecule has 3 nitrogen and oxygen atoms in total. The molecule has 1 atom stereocenters. The number of halogens is 1. The first-order valence-electron chi connectivity index (χ1n) is 5.91. The van der Waals surface area contributed by atoms with Gasteiger partial charge in [0.15, 0.2) is 0 Å². The Morgan fingerprint density at radius 2 is 1.89 bits per heavy atom. The highest BCUT2D eigenvalue weighted by atomic mass is 79.9. The van der Waals surface area contributed by atoms with Crippen molar-refractivity contribution < 1.29 is 9.90 Å². The van der Waals surface area contributed by atoms with Crippen LogP contribution < -0.4 is 5.32 Å². The highest BCUT2D eigenvalue weighted by Gasteiger charge is 2.09. The van der Waals surface area contributed by atoms with Crippen molar-refractivity contribution in [1.82, 2.24) is 0 Å². The van der Waals surface area contributed by atoms with Gasteiger partial charge in [-0.2, -0.15) is 0 Å². The second-order valence-electron chi connectivity index (χ2n) is 4.31. The van der Waals surface area contributed by atoms with Gasteiger partial charge in [-0.05, 0) is 30.7 Å². The molecule has 19 heavy (non-hydrogen) atoms. The maximum absolute atomic E-state index is 11.0. The molecule has 0 heterocycles. The summed E-state index contributed by atoms with van der Waals surface area (Å²) in [6.07, 6.45) is 0. The third-order valence-electron chi connectivity index (χ3n) is 2.83. The van der Waals surface area contributed by atoms with Gasteiger partial charge in [0.05, 0.1) is 5.56 Å². The summed E-state index contributed by atoms with van der Waals surface area (Å²) in [5.41, 5.74) is 2.19. The molecule has 0 bridgehead atoms. The summed E-state index contributed by atoms with van der Waals surface area (Å²) in [4.78, 5) is 11.0. The number of carbonyl (C=O) groups is 1. The fourth-order valence-corrected chi connectivity index (χ4v) is 2.36. The lowest BCUT2D eigenvalue weighted by Crippen LogP contribution is -2.07. The van der Waals surface area contributed by atoms with Crippen LogP contribution in [0.3, 0.4) is 0 Å². The Morgan fingerprint density at radius 1 is 1.21 bits per heavy atom. The molecule has 0 saturated heterocycles. The number of nitrogens with one attached hydrogen (secondary N) is 1. The maximum Gasteiger partial charge on any atom is 0.335 e. The van der Waals surface area contributed by atoms with Gasteiger partial charge in [-0.3, -0.25) is 0 Å². The Bertz CT molecular complexity index is 584. The van der Waals surface area contributed by atoms with Gasteiger partial charge in [-0.25, -0.2) is 4.79 Å². The highest BCUT2D eigenvalue weighted by molar-refractivity contribution is 9.10. The fourth-order valence-electron chi connectivity index (χ4n) is 1.87. The van der Waals surface area contributed by atoms with E-state index in [-0.39, 0.29) is 11.6 Å². The molecule has 0 radical (unpaired) electrons. The second-order valence-corrected chi connectivity index (χ2v) is 5.23. The zero-order valence-corrected chi connectivity index (χ0v) is 12.0. The normalized spacial score (nSPS) is 11.9. The molecule has 0 fully saturated rings. The quantitative estimate of drug-likeness (QED) is 0.882. The number of anilines is 1. The zero-order chi connectivity index (χ0) is 13.8. The number of rotatable bonds is 4. The van der Waals surface area contributed by atoms with Gasteiger partial charge < -0.3 is 10.4 Å². The van der Waals surface area contributed by atoms with Gasteiger partial charge in [0.25, 0.3) is 0 Å². The zero-order valence-electron chi connectivity index (χ0n) is 10.4. The summed E-state index contributed by atoms with van der Waals surface area (Å²) < 4.78 is 0.746. The van der Waals surface area contributed by atoms with Gasteiger partial charge in [0, 0.05) is 16.2 Å². The van der Waals surface area contributed by atoms with Crippen molar-refractivity contribution in [1.29, 1.82) is 0 Å². The van der Waals surface area contributed by atoms with Crippen LogP contribution in [0.1, 0.15) is 28.9 Å². The van der Waals surface area contributed by atoms with Crippen molar-refractivity contribution in [3.63, 3.8) is 0 Å². The monoisotopic (exact) mass is 319 g/mol. The van der Waals surface area contributed by atoms with Crippen LogP contribution >= 0.6 is 15.9 Å². The number of hydrogen-bond donors (Lipinski definition) is 2. The summed E-state index contributed by atoms with van der Waals surface area (Å²) in [5.74, 6) is -0.934. The van der Waals surface area contributed by atoms with E-state index in [0.717, 1.165) is 15.7 Å². The third kappa shape index (κ3) is 3.58. The van der Waals surface area contributed by atoms with Crippen molar-refractivity contribution in [2.75, 3.05) is 5.32 Å². The minimum atomic E-state index is -0.934. The van der Waals surface area contributed by atoms with E-state index in [4.69, 9.17) is 5.11 Å². The van der Waals surface area contributed by atoms with E-state index in [1.807, 2.05) is 43.3 Å². The van der Waals surface area contributed by atoms with Crippen LogP contribution in [0.5, 0.6) is 0 Å². The lowest BCUT2D eigenvalue weighted by molar-refractivity contribution is 0.0697. The highest BCUT2D eigenvalue weighted by Crippen LogP contribution is 2.24. The predicted octanol–water partition coefficient (Wildman–Crippen LogP) is 4.32. The van der Waals surface area contributed by atoms with Gasteiger partial charge in [0.2, 0.25) is 0 Å². The van der Waals surface area contributed by atoms with Crippen LogP contribution in [0.15, 0.2) is 53.0 Å². The fraction of sp³-hybridized carbons (Fsp3) is 0.133. The Labute approximate surface area is 120 Å². The summed E-state index contributed by atoms with van der Waals surface area (Å²) in [6, 6.07) is 15.2. The van der Waals surface area contributed by atoms with E-state index in [9.17, 15) is 4.79 Å². The van der Waals surface area contributed by atoms with E-state index in [2.05, 4.69) is 21.2 Å². The van der Waals surface area contributed by atoms with E-state index >= 15 is 0 Å². The Morgan fingerprint density at radius 3 is 2.53 bits per heavy atom. The molecule has 0 spiro atoms. The van der Waals surface area contributed by atoms with Crippen molar-refractivity contribution in [2.45, 2.75) is 13.0 Å². The van der Waals surface area contributed by atoms with Crippen molar-refractivity contribution in [3.8, 4) is 0 Å². The molecular formula is C15H14BrNO2. The molecule has 1 unspecified atom stereocenters. The number of carboxylic acid groups (broad SMARTS) is 1. The van der Waals surface area contributed by atoms with Crippen LogP contribution in [0.25, 0.3) is 0 Å². The molecule has 0 amide bonds. The van der Waals surface area contributed by atoms with Crippen LogP contribution in [0, 0.1) is 0 Å². The van der Waals surface area contributed by atoms with Crippen molar-refractivity contribution >= 4 is 27.6 Å². The maximum atomic E-state index is 11.0. The molecule has 0 saturated carbocycles. The third-order valence-corrected chi connectivity index (χ3v) is 3.29. The van der Waals surface area contributed by atoms with Crippen LogP contribution in [-0.4, -0.2) is 11.1 Å². The molecule has 0 aliphatic carbocycles. The number of hydrogen-bond acceptors (Lipinski definition) is 2. The number of carboxylic acids is 1. The minimum Gasteiger partial charge on any atom is -0.478 e. The average Bonchev–Trinajstić information content (AvgIpc) is 2.39. The smallest absolute Gasteiger partial charge is 0.335 e. The topological polar surface area (TPSA) is 49.3 Å². The van der Waals surface area contributed by atoms with Gasteiger partial charge >= 0.3 is 5.97 Å². The van der Waals surface area contributed by atoms with Crippen molar-refractivity contribution in [3.05, 3.63) is 64.1 Å². The largest absolute Gasteiger partial charge is 0.478 e. The summed E-state index contributed by atoms with van der Waals surface area (Å²) >= 11 is 3.32. The number of benzene rings is 2. The molecule has 0 aromatic heterocycles. The number of aromatic carboxylic acids is 1.